The number of likely N-dealkylation sites (tertiary alicyclic amines) is 1. The Morgan fingerprint density at radius 2 is 2.06 bits per heavy atom. The van der Waals surface area contributed by atoms with E-state index in [9.17, 15) is 9.90 Å². The summed E-state index contributed by atoms with van der Waals surface area (Å²) in [6, 6.07) is 2.26. The first-order chi connectivity index (χ1) is 17.4. The molecule has 2 saturated heterocycles. The van der Waals surface area contributed by atoms with Crippen molar-refractivity contribution >= 4 is 28.7 Å². The number of hydrogen-bond donors (Lipinski definition) is 3. The van der Waals surface area contributed by atoms with E-state index in [-0.39, 0.29) is 23.9 Å². The third-order valence-corrected chi connectivity index (χ3v) is 8.31. The molecule has 10 heteroatoms. The second kappa shape index (κ2) is 9.24. The van der Waals surface area contributed by atoms with Gasteiger partial charge in [-0.25, -0.2) is 4.98 Å². The van der Waals surface area contributed by atoms with Crippen molar-refractivity contribution in [3.63, 3.8) is 0 Å². The van der Waals surface area contributed by atoms with Crippen LogP contribution in [0.2, 0.25) is 0 Å². The van der Waals surface area contributed by atoms with Gasteiger partial charge in [-0.1, -0.05) is 18.9 Å². The molecule has 1 saturated carbocycles. The maximum Gasteiger partial charge on any atom is 0.230 e. The number of aromatic nitrogens is 3. The minimum absolute atomic E-state index is 0.0215. The van der Waals surface area contributed by atoms with Gasteiger partial charge in [0.05, 0.1) is 23.7 Å². The largest absolute Gasteiger partial charge is 0.373 e. The van der Waals surface area contributed by atoms with Gasteiger partial charge in [0.15, 0.2) is 0 Å². The van der Waals surface area contributed by atoms with Crippen LogP contribution < -0.4 is 10.6 Å². The molecule has 0 spiro atoms. The number of fused-ring (bicyclic) bond motifs is 2. The van der Waals surface area contributed by atoms with E-state index >= 15 is 0 Å². The van der Waals surface area contributed by atoms with E-state index in [1.807, 2.05) is 37.3 Å². The number of nitrogens with one attached hydrogen (secondary N) is 2. The molecule has 0 aromatic carbocycles. The highest BCUT2D eigenvalue weighted by Gasteiger charge is 2.46. The van der Waals surface area contributed by atoms with E-state index < -0.39 is 6.23 Å². The standard InChI is InChI=1S/C26H36N8O2/c1-15-20(33-14-17-11-27-13-19(17)24(33)35)8-9-22(29-15)30-26-28-12-16-10-21(25(36)32(2)3)34(23(16)31-26)18-6-4-5-7-18/h8-10,12,15,17-20,25,27,36H,4-7,11,13-14H2,1-3H3,(H,28,29,30,31). The van der Waals surface area contributed by atoms with Crippen LogP contribution in [0.1, 0.15) is 50.6 Å². The van der Waals surface area contributed by atoms with Gasteiger partial charge in [-0.3, -0.25) is 14.7 Å². The highest BCUT2D eigenvalue weighted by molar-refractivity contribution is 6.04. The Balaban J connectivity index is 1.24. The molecule has 10 nitrogen and oxygen atoms in total. The van der Waals surface area contributed by atoms with Crippen LogP contribution in [-0.4, -0.2) is 87.0 Å². The molecule has 36 heavy (non-hydrogen) atoms. The Hall–Kier alpha value is -2.82. The van der Waals surface area contributed by atoms with Gasteiger partial charge in [-0.05, 0) is 46.0 Å². The summed E-state index contributed by atoms with van der Waals surface area (Å²) in [4.78, 5) is 31.0. The van der Waals surface area contributed by atoms with Gasteiger partial charge < -0.3 is 25.2 Å². The number of aliphatic hydroxyl groups is 1. The summed E-state index contributed by atoms with van der Waals surface area (Å²) in [5, 5.41) is 18.4. The van der Waals surface area contributed by atoms with Crippen LogP contribution in [0.15, 0.2) is 29.4 Å². The zero-order valence-corrected chi connectivity index (χ0v) is 21.3. The molecule has 1 amide bonds. The zero-order chi connectivity index (χ0) is 25.0. The Morgan fingerprint density at radius 3 is 2.78 bits per heavy atom. The van der Waals surface area contributed by atoms with E-state index in [2.05, 4.69) is 33.2 Å². The Morgan fingerprint density at radius 1 is 1.25 bits per heavy atom. The van der Waals surface area contributed by atoms with Gasteiger partial charge in [0.1, 0.15) is 17.7 Å². The zero-order valence-electron chi connectivity index (χ0n) is 21.3. The molecule has 0 radical (unpaired) electrons. The molecule has 5 atom stereocenters. The van der Waals surface area contributed by atoms with E-state index in [1.165, 1.54) is 12.8 Å². The second-order valence-electron chi connectivity index (χ2n) is 10.9. The highest BCUT2D eigenvalue weighted by Crippen LogP contribution is 2.37. The van der Waals surface area contributed by atoms with Gasteiger partial charge in [-0.2, -0.15) is 4.98 Å². The molecule has 2 aromatic heterocycles. The average Bonchev–Trinajstić information content (AvgIpc) is 3.64. The summed E-state index contributed by atoms with van der Waals surface area (Å²) < 4.78 is 2.21. The lowest BCUT2D eigenvalue weighted by molar-refractivity contribution is -0.132. The Labute approximate surface area is 211 Å². The molecule has 4 aliphatic rings. The lowest BCUT2D eigenvalue weighted by Gasteiger charge is -2.31. The molecule has 2 aromatic rings. The number of dihydropyridines is 1. The van der Waals surface area contributed by atoms with Crippen molar-refractivity contribution in [2.75, 3.05) is 39.0 Å². The van der Waals surface area contributed by atoms with Crippen LogP contribution in [-0.2, 0) is 4.79 Å². The summed E-state index contributed by atoms with van der Waals surface area (Å²) in [5.41, 5.74) is 1.69. The molecule has 3 aliphatic heterocycles. The fourth-order valence-electron chi connectivity index (χ4n) is 6.38. The van der Waals surface area contributed by atoms with Crippen molar-refractivity contribution < 1.29 is 9.90 Å². The van der Waals surface area contributed by atoms with Crippen LogP contribution in [0.3, 0.4) is 0 Å². The van der Waals surface area contributed by atoms with Crippen LogP contribution in [0.5, 0.6) is 0 Å². The fourth-order valence-corrected chi connectivity index (χ4v) is 6.38. The summed E-state index contributed by atoms with van der Waals surface area (Å²) in [6.45, 7) is 4.56. The molecule has 3 N–H and O–H groups in total. The number of amidine groups is 1. The lowest BCUT2D eigenvalue weighted by Crippen LogP contribution is -2.45. The molecule has 6 rings (SSSR count). The maximum atomic E-state index is 12.9. The van der Waals surface area contributed by atoms with Crippen LogP contribution in [0.25, 0.3) is 11.0 Å². The molecular weight excluding hydrogens is 456 g/mol. The van der Waals surface area contributed by atoms with Gasteiger partial charge >= 0.3 is 0 Å². The van der Waals surface area contributed by atoms with E-state index in [0.717, 1.165) is 49.2 Å². The number of aliphatic hydroxyl groups excluding tert-OH is 1. The molecular formula is C26H36N8O2. The molecule has 192 valence electrons. The molecule has 5 unspecified atom stereocenters. The van der Waals surface area contributed by atoms with Crippen molar-refractivity contribution in [3.8, 4) is 0 Å². The Kier molecular flexibility index (Phi) is 6.05. The summed E-state index contributed by atoms with van der Waals surface area (Å²) in [5.74, 6) is 1.95. The Bertz CT molecular complexity index is 1210. The minimum atomic E-state index is -0.705. The fraction of sp³-hybridized carbons (Fsp3) is 0.615. The van der Waals surface area contributed by atoms with Crippen LogP contribution in [0.4, 0.5) is 5.95 Å². The topological polar surface area (TPSA) is 111 Å². The van der Waals surface area contributed by atoms with Crippen molar-refractivity contribution in [2.24, 2.45) is 16.8 Å². The molecule has 0 bridgehead atoms. The highest BCUT2D eigenvalue weighted by atomic mass is 16.3. The summed E-state index contributed by atoms with van der Waals surface area (Å²) in [7, 11) is 3.75. The number of anilines is 1. The number of carbonyl (C=O) groups excluding carboxylic acids is 1. The lowest BCUT2D eigenvalue weighted by atomic mass is 10.0. The third kappa shape index (κ3) is 4.01. The monoisotopic (exact) mass is 492 g/mol. The normalized spacial score (nSPS) is 29.4. The summed E-state index contributed by atoms with van der Waals surface area (Å²) >= 11 is 0. The van der Waals surface area contributed by atoms with Crippen molar-refractivity contribution in [1.29, 1.82) is 0 Å². The number of amides is 1. The first kappa shape index (κ1) is 23.6. The SMILES string of the molecule is CC1N=C(Nc2ncc3cc(C(O)N(C)C)n(C4CCCC4)c3n2)C=CC1N1CC2CNCC2C1=O. The first-order valence-electron chi connectivity index (χ1n) is 13.2. The van der Waals surface area contributed by atoms with Crippen molar-refractivity contribution in [3.05, 3.63) is 30.1 Å². The second-order valence-corrected chi connectivity index (χ2v) is 10.9. The van der Waals surface area contributed by atoms with Crippen molar-refractivity contribution in [2.45, 2.75) is 57.0 Å². The maximum absolute atomic E-state index is 12.9. The van der Waals surface area contributed by atoms with Gasteiger partial charge in [0.2, 0.25) is 11.9 Å². The van der Waals surface area contributed by atoms with E-state index in [4.69, 9.17) is 9.98 Å². The predicted octanol–water partition coefficient (Wildman–Crippen LogP) is 1.91. The smallest absolute Gasteiger partial charge is 0.230 e. The molecule has 3 fully saturated rings. The van der Waals surface area contributed by atoms with Gasteiger partial charge in [0.25, 0.3) is 0 Å². The third-order valence-electron chi connectivity index (χ3n) is 8.31. The summed E-state index contributed by atoms with van der Waals surface area (Å²) in [6.07, 6.45) is 9.69. The van der Waals surface area contributed by atoms with Gasteiger partial charge in [0, 0.05) is 43.2 Å². The van der Waals surface area contributed by atoms with E-state index in [1.54, 1.807) is 4.90 Å². The number of rotatable bonds is 5. The van der Waals surface area contributed by atoms with Crippen LogP contribution in [0, 0.1) is 11.8 Å². The number of hydrogen-bond acceptors (Lipinski definition) is 8. The first-order valence-corrected chi connectivity index (χ1v) is 13.2. The van der Waals surface area contributed by atoms with E-state index in [0.29, 0.717) is 23.7 Å². The number of carbonyl (C=O) groups is 1. The average molecular weight is 493 g/mol. The minimum Gasteiger partial charge on any atom is -0.373 e. The van der Waals surface area contributed by atoms with Gasteiger partial charge in [-0.15, -0.1) is 0 Å². The number of nitrogens with zero attached hydrogens (tertiary/aromatic N) is 6. The van der Waals surface area contributed by atoms with Crippen molar-refractivity contribution in [1.82, 2.24) is 29.7 Å². The number of aliphatic imine (C=N–C) groups is 1. The molecule has 1 aliphatic carbocycles. The molecule has 5 heterocycles. The predicted molar refractivity (Wildman–Crippen MR) is 139 cm³/mol. The quantitative estimate of drug-likeness (QED) is 0.547. The van der Waals surface area contributed by atoms with Crippen LogP contribution >= 0.6 is 0 Å².